The van der Waals surface area contributed by atoms with Crippen LogP contribution in [0.4, 0.5) is 0 Å². The molecule has 0 radical (unpaired) electrons. The average Bonchev–Trinajstić information content (AvgIpc) is 3.26. The Morgan fingerprint density at radius 2 is 1.82 bits per heavy atom. The Bertz CT molecular complexity index is 1000. The molecule has 144 valence electrons. The van der Waals surface area contributed by atoms with E-state index in [-0.39, 0.29) is 5.60 Å². The van der Waals surface area contributed by atoms with Crippen LogP contribution in [0.3, 0.4) is 0 Å². The lowest BCUT2D eigenvalue weighted by atomic mass is 9.84. The monoisotopic (exact) mass is 393 g/mol. The van der Waals surface area contributed by atoms with Crippen LogP contribution in [0, 0.1) is 6.92 Å². The maximum absolute atomic E-state index is 6.34. The van der Waals surface area contributed by atoms with Crippen LogP contribution in [0.2, 0.25) is 5.02 Å². The second kappa shape index (κ2) is 7.03. The highest BCUT2D eigenvalue weighted by Crippen LogP contribution is 2.44. The summed E-state index contributed by atoms with van der Waals surface area (Å²) in [5.41, 5.74) is 5.91. The molecule has 2 aliphatic rings. The SMILES string of the molecule is Cc1nn(-c2ccccc2Cl)cc1CN1CCC2(CC1)OCc1ccccc12. The molecule has 0 N–H and O–H groups in total. The first-order valence-electron chi connectivity index (χ1n) is 9.89. The van der Waals surface area contributed by atoms with Crippen molar-refractivity contribution in [1.29, 1.82) is 0 Å². The number of aromatic nitrogens is 2. The van der Waals surface area contributed by atoms with Gasteiger partial charge in [0.1, 0.15) is 0 Å². The van der Waals surface area contributed by atoms with E-state index in [4.69, 9.17) is 16.3 Å². The zero-order valence-electron chi connectivity index (χ0n) is 16.1. The number of hydrogen-bond donors (Lipinski definition) is 0. The van der Waals surface area contributed by atoms with Gasteiger partial charge >= 0.3 is 0 Å². The summed E-state index contributed by atoms with van der Waals surface area (Å²) < 4.78 is 8.19. The van der Waals surface area contributed by atoms with Crippen LogP contribution >= 0.6 is 11.6 Å². The standard InChI is InChI=1S/C23H24ClN3O/c1-17-19(15-27(25-17)22-9-5-4-8-21(22)24)14-26-12-10-23(11-13-26)20-7-3-2-6-18(20)16-28-23/h2-9,15H,10-14,16H2,1H3. The summed E-state index contributed by atoms with van der Waals surface area (Å²) in [6.07, 6.45) is 4.20. The molecule has 0 amide bonds. The normalized spacial score (nSPS) is 18.5. The van der Waals surface area contributed by atoms with Crippen molar-refractivity contribution in [1.82, 2.24) is 14.7 Å². The molecule has 3 heterocycles. The Morgan fingerprint density at radius 3 is 2.64 bits per heavy atom. The van der Waals surface area contributed by atoms with Crippen LogP contribution in [0.15, 0.2) is 54.7 Å². The first kappa shape index (κ1) is 17.9. The molecule has 1 spiro atoms. The number of rotatable bonds is 3. The van der Waals surface area contributed by atoms with E-state index in [1.54, 1.807) is 0 Å². The maximum Gasteiger partial charge on any atom is 0.0963 e. The summed E-state index contributed by atoms with van der Waals surface area (Å²) in [4.78, 5) is 2.51. The molecule has 5 heteroatoms. The highest BCUT2D eigenvalue weighted by molar-refractivity contribution is 6.32. The molecule has 5 rings (SSSR count). The van der Waals surface area contributed by atoms with Gasteiger partial charge in [0.05, 0.1) is 28.6 Å². The van der Waals surface area contributed by atoms with Crippen LogP contribution in [-0.4, -0.2) is 27.8 Å². The summed E-state index contributed by atoms with van der Waals surface area (Å²) in [6.45, 7) is 5.80. The summed E-state index contributed by atoms with van der Waals surface area (Å²) in [5, 5.41) is 5.40. The molecular formula is C23H24ClN3O. The van der Waals surface area contributed by atoms with E-state index in [0.717, 1.165) is 50.5 Å². The molecule has 0 saturated carbocycles. The zero-order chi connectivity index (χ0) is 19.1. The van der Waals surface area contributed by atoms with Gasteiger partial charge in [-0.3, -0.25) is 4.90 Å². The Labute approximate surface area is 170 Å². The minimum absolute atomic E-state index is 0.0795. The smallest absolute Gasteiger partial charge is 0.0963 e. The van der Waals surface area contributed by atoms with Gasteiger partial charge in [0.15, 0.2) is 0 Å². The molecule has 2 aromatic carbocycles. The van der Waals surface area contributed by atoms with Gasteiger partial charge in [0.25, 0.3) is 0 Å². The first-order valence-corrected chi connectivity index (χ1v) is 10.3. The lowest BCUT2D eigenvalue weighted by Crippen LogP contribution is -2.42. The first-order chi connectivity index (χ1) is 13.6. The van der Waals surface area contributed by atoms with Crippen molar-refractivity contribution in [2.24, 2.45) is 0 Å². The Kier molecular flexibility index (Phi) is 4.50. The van der Waals surface area contributed by atoms with Gasteiger partial charge in [0, 0.05) is 31.4 Å². The van der Waals surface area contributed by atoms with Crippen LogP contribution in [0.1, 0.15) is 35.2 Å². The predicted octanol–water partition coefficient (Wildman–Crippen LogP) is 4.86. The molecule has 28 heavy (non-hydrogen) atoms. The van der Waals surface area contributed by atoms with Gasteiger partial charge in [-0.2, -0.15) is 5.10 Å². The quantitative estimate of drug-likeness (QED) is 0.636. The van der Waals surface area contributed by atoms with E-state index in [1.807, 2.05) is 28.9 Å². The summed E-state index contributed by atoms with van der Waals surface area (Å²) in [7, 11) is 0. The molecule has 2 aliphatic heterocycles. The fraction of sp³-hybridized carbons (Fsp3) is 0.348. The number of likely N-dealkylation sites (tertiary alicyclic amines) is 1. The van der Waals surface area contributed by atoms with E-state index >= 15 is 0 Å². The summed E-state index contributed by atoms with van der Waals surface area (Å²) in [5.74, 6) is 0. The van der Waals surface area contributed by atoms with Gasteiger partial charge in [0.2, 0.25) is 0 Å². The number of aryl methyl sites for hydroxylation is 1. The van der Waals surface area contributed by atoms with Crippen molar-refractivity contribution in [3.8, 4) is 5.69 Å². The maximum atomic E-state index is 6.34. The number of ether oxygens (including phenoxy) is 1. The molecule has 0 aliphatic carbocycles. The number of fused-ring (bicyclic) bond motifs is 2. The van der Waals surface area contributed by atoms with Crippen molar-refractivity contribution in [3.05, 3.63) is 82.1 Å². The molecule has 1 aromatic heterocycles. The van der Waals surface area contributed by atoms with Crippen molar-refractivity contribution < 1.29 is 4.74 Å². The van der Waals surface area contributed by atoms with Crippen LogP contribution < -0.4 is 0 Å². The molecule has 3 aromatic rings. The number of piperidine rings is 1. The second-order valence-corrected chi connectivity index (χ2v) is 8.26. The summed E-state index contributed by atoms with van der Waals surface area (Å²) >= 11 is 6.34. The zero-order valence-corrected chi connectivity index (χ0v) is 16.8. The Hall–Kier alpha value is -2.14. The molecule has 0 atom stereocenters. The largest absolute Gasteiger partial charge is 0.365 e. The van der Waals surface area contributed by atoms with Gasteiger partial charge in [-0.15, -0.1) is 0 Å². The van der Waals surface area contributed by atoms with E-state index in [9.17, 15) is 0 Å². The highest BCUT2D eigenvalue weighted by Gasteiger charge is 2.42. The number of hydrogen-bond acceptors (Lipinski definition) is 3. The third-order valence-electron chi connectivity index (χ3n) is 6.17. The highest BCUT2D eigenvalue weighted by atomic mass is 35.5. The van der Waals surface area contributed by atoms with Gasteiger partial charge in [-0.1, -0.05) is 48.0 Å². The number of halogens is 1. The van der Waals surface area contributed by atoms with Crippen molar-refractivity contribution in [3.63, 3.8) is 0 Å². The number of nitrogens with zero attached hydrogens (tertiary/aromatic N) is 3. The van der Waals surface area contributed by atoms with Crippen LogP contribution in [0.25, 0.3) is 5.69 Å². The van der Waals surface area contributed by atoms with Crippen molar-refractivity contribution in [2.45, 2.75) is 38.5 Å². The van der Waals surface area contributed by atoms with Gasteiger partial charge in [-0.25, -0.2) is 4.68 Å². The Balaban J connectivity index is 1.30. The molecule has 0 unspecified atom stereocenters. The second-order valence-electron chi connectivity index (χ2n) is 7.85. The van der Waals surface area contributed by atoms with Crippen molar-refractivity contribution >= 4 is 11.6 Å². The predicted molar refractivity (Wildman–Crippen MR) is 111 cm³/mol. The van der Waals surface area contributed by atoms with Gasteiger partial charge in [-0.05, 0) is 43.0 Å². The molecular weight excluding hydrogens is 370 g/mol. The van der Waals surface area contributed by atoms with E-state index in [0.29, 0.717) is 5.02 Å². The van der Waals surface area contributed by atoms with Gasteiger partial charge < -0.3 is 4.74 Å². The van der Waals surface area contributed by atoms with E-state index in [1.165, 1.54) is 16.7 Å². The minimum Gasteiger partial charge on any atom is -0.365 e. The lowest BCUT2D eigenvalue weighted by Gasteiger charge is -2.39. The van der Waals surface area contributed by atoms with Crippen LogP contribution in [0.5, 0.6) is 0 Å². The molecule has 0 bridgehead atoms. The number of benzene rings is 2. The minimum atomic E-state index is -0.0795. The fourth-order valence-electron chi connectivity index (χ4n) is 4.52. The molecule has 4 nitrogen and oxygen atoms in total. The van der Waals surface area contributed by atoms with Crippen molar-refractivity contribution in [2.75, 3.05) is 13.1 Å². The average molecular weight is 394 g/mol. The van der Waals surface area contributed by atoms with Crippen LogP contribution in [-0.2, 0) is 23.5 Å². The van der Waals surface area contributed by atoms with E-state index < -0.39 is 0 Å². The summed E-state index contributed by atoms with van der Waals surface area (Å²) in [6, 6.07) is 16.5. The molecule has 1 fully saturated rings. The van der Waals surface area contributed by atoms with E-state index in [2.05, 4.69) is 47.4 Å². The third-order valence-corrected chi connectivity index (χ3v) is 6.49. The fourth-order valence-corrected chi connectivity index (χ4v) is 4.75. The number of para-hydroxylation sites is 1. The molecule has 1 saturated heterocycles. The third kappa shape index (κ3) is 3.06. The topological polar surface area (TPSA) is 30.3 Å². The lowest BCUT2D eigenvalue weighted by molar-refractivity contribution is -0.0799. The Morgan fingerprint density at radius 1 is 1.07 bits per heavy atom.